The van der Waals surface area contributed by atoms with E-state index in [-0.39, 0.29) is 12.5 Å². The third kappa shape index (κ3) is 5.48. The van der Waals surface area contributed by atoms with Crippen molar-refractivity contribution in [2.75, 3.05) is 39.3 Å². The molecule has 0 aliphatic carbocycles. The van der Waals surface area contributed by atoms with E-state index in [9.17, 15) is 4.79 Å². The SMILES string of the molecule is CC(C)CCCN1CCN(C(=O)CNN)CC1. The number of carbonyl (C=O) groups excluding carboxylic acids is 1. The Morgan fingerprint density at radius 2 is 1.94 bits per heavy atom. The van der Waals surface area contributed by atoms with E-state index in [1.54, 1.807) is 0 Å². The topological polar surface area (TPSA) is 61.6 Å². The number of piperazine rings is 1. The predicted octanol–water partition coefficient (Wildman–Crippen LogP) is 0.0301. The normalized spacial score (nSPS) is 17.8. The third-order valence-corrected chi connectivity index (χ3v) is 3.23. The summed E-state index contributed by atoms with van der Waals surface area (Å²) in [4.78, 5) is 15.9. The molecule has 1 amide bonds. The van der Waals surface area contributed by atoms with Crippen LogP contribution in [0.4, 0.5) is 0 Å². The van der Waals surface area contributed by atoms with Gasteiger partial charge in [-0.2, -0.15) is 0 Å². The molecule has 0 aromatic rings. The highest BCUT2D eigenvalue weighted by Gasteiger charge is 2.19. The Morgan fingerprint density at radius 3 is 2.47 bits per heavy atom. The van der Waals surface area contributed by atoms with Gasteiger partial charge in [0.2, 0.25) is 5.91 Å². The van der Waals surface area contributed by atoms with Crippen LogP contribution in [0.5, 0.6) is 0 Å². The number of carbonyl (C=O) groups is 1. The van der Waals surface area contributed by atoms with E-state index in [4.69, 9.17) is 5.84 Å². The second-order valence-electron chi connectivity index (χ2n) is 5.14. The molecule has 0 spiro atoms. The predicted molar refractivity (Wildman–Crippen MR) is 69.3 cm³/mol. The van der Waals surface area contributed by atoms with Gasteiger partial charge in [0.05, 0.1) is 6.54 Å². The highest BCUT2D eigenvalue weighted by molar-refractivity contribution is 5.78. The fraction of sp³-hybridized carbons (Fsp3) is 0.917. The first-order valence-corrected chi connectivity index (χ1v) is 6.57. The fourth-order valence-electron chi connectivity index (χ4n) is 2.14. The van der Waals surface area contributed by atoms with Crippen LogP contribution in [0, 0.1) is 5.92 Å². The summed E-state index contributed by atoms with van der Waals surface area (Å²) < 4.78 is 0. The molecular formula is C12H26N4O. The molecule has 5 heteroatoms. The summed E-state index contributed by atoms with van der Waals surface area (Å²) in [5, 5.41) is 0. The number of nitrogens with one attached hydrogen (secondary N) is 1. The second-order valence-corrected chi connectivity index (χ2v) is 5.14. The minimum Gasteiger partial charge on any atom is -0.339 e. The van der Waals surface area contributed by atoms with E-state index in [0.717, 1.165) is 38.6 Å². The molecule has 5 nitrogen and oxygen atoms in total. The molecule has 1 rings (SSSR count). The monoisotopic (exact) mass is 242 g/mol. The smallest absolute Gasteiger partial charge is 0.238 e. The number of hydrogen-bond donors (Lipinski definition) is 2. The van der Waals surface area contributed by atoms with Gasteiger partial charge in [0, 0.05) is 26.2 Å². The van der Waals surface area contributed by atoms with Crippen LogP contribution in [0.2, 0.25) is 0 Å². The largest absolute Gasteiger partial charge is 0.339 e. The van der Waals surface area contributed by atoms with Crippen molar-refractivity contribution in [1.82, 2.24) is 15.2 Å². The van der Waals surface area contributed by atoms with Crippen molar-refractivity contribution in [1.29, 1.82) is 0 Å². The van der Waals surface area contributed by atoms with Crippen molar-refractivity contribution in [3.05, 3.63) is 0 Å². The summed E-state index contributed by atoms with van der Waals surface area (Å²) in [6.45, 7) is 9.59. The summed E-state index contributed by atoms with van der Waals surface area (Å²) in [6.07, 6.45) is 2.55. The maximum absolute atomic E-state index is 11.6. The molecule has 1 aliphatic heterocycles. The van der Waals surface area contributed by atoms with Gasteiger partial charge in [0.1, 0.15) is 0 Å². The average molecular weight is 242 g/mol. The van der Waals surface area contributed by atoms with Crippen molar-refractivity contribution < 1.29 is 4.79 Å². The lowest BCUT2D eigenvalue weighted by molar-refractivity contribution is -0.131. The van der Waals surface area contributed by atoms with Crippen LogP contribution in [0.3, 0.4) is 0 Å². The van der Waals surface area contributed by atoms with Crippen molar-refractivity contribution >= 4 is 5.91 Å². The quantitative estimate of drug-likeness (QED) is 0.509. The Balaban J connectivity index is 2.15. The summed E-state index contributed by atoms with van der Waals surface area (Å²) in [6, 6.07) is 0. The number of nitrogens with zero attached hydrogens (tertiary/aromatic N) is 2. The van der Waals surface area contributed by atoms with E-state index >= 15 is 0 Å². The van der Waals surface area contributed by atoms with Crippen LogP contribution in [-0.4, -0.2) is 55.0 Å². The Morgan fingerprint density at radius 1 is 1.29 bits per heavy atom. The number of hydrazine groups is 1. The fourth-order valence-corrected chi connectivity index (χ4v) is 2.14. The van der Waals surface area contributed by atoms with Gasteiger partial charge in [-0.05, 0) is 25.3 Å². The Labute approximate surface area is 104 Å². The first-order valence-electron chi connectivity index (χ1n) is 6.57. The molecule has 1 saturated heterocycles. The zero-order valence-electron chi connectivity index (χ0n) is 11.1. The van der Waals surface area contributed by atoms with Crippen molar-refractivity contribution in [3.63, 3.8) is 0 Å². The molecule has 17 heavy (non-hydrogen) atoms. The zero-order valence-corrected chi connectivity index (χ0v) is 11.1. The zero-order chi connectivity index (χ0) is 12.7. The van der Waals surface area contributed by atoms with Crippen LogP contribution >= 0.6 is 0 Å². The first kappa shape index (κ1) is 14.4. The van der Waals surface area contributed by atoms with Gasteiger partial charge in [-0.1, -0.05) is 13.8 Å². The van der Waals surface area contributed by atoms with E-state index in [2.05, 4.69) is 24.2 Å². The molecule has 1 aliphatic rings. The minimum absolute atomic E-state index is 0.106. The van der Waals surface area contributed by atoms with Crippen LogP contribution in [0.25, 0.3) is 0 Å². The summed E-state index contributed by atoms with van der Waals surface area (Å²) >= 11 is 0. The van der Waals surface area contributed by atoms with Crippen molar-refractivity contribution in [3.8, 4) is 0 Å². The maximum Gasteiger partial charge on any atom is 0.238 e. The molecule has 0 aromatic carbocycles. The lowest BCUT2D eigenvalue weighted by Gasteiger charge is -2.34. The first-order chi connectivity index (χ1) is 8.13. The Bertz CT molecular complexity index is 225. The van der Waals surface area contributed by atoms with E-state index in [1.807, 2.05) is 4.90 Å². The van der Waals surface area contributed by atoms with Crippen LogP contribution in [0.15, 0.2) is 0 Å². The van der Waals surface area contributed by atoms with E-state index < -0.39 is 0 Å². The maximum atomic E-state index is 11.6. The summed E-state index contributed by atoms with van der Waals surface area (Å²) in [7, 11) is 0. The van der Waals surface area contributed by atoms with Crippen LogP contribution in [0.1, 0.15) is 26.7 Å². The van der Waals surface area contributed by atoms with E-state index in [0.29, 0.717) is 0 Å². The summed E-state index contributed by atoms with van der Waals surface area (Å²) in [5.41, 5.74) is 2.42. The molecule has 3 N–H and O–H groups in total. The standard InChI is InChI=1S/C12H26N4O/c1-11(2)4-3-5-15-6-8-16(9-7-15)12(17)10-14-13/h11,14H,3-10,13H2,1-2H3. The molecule has 1 heterocycles. The number of nitrogens with two attached hydrogens (primary N) is 1. The molecule has 0 bridgehead atoms. The molecule has 0 unspecified atom stereocenters. The molecular weight excluding hydrogens is 216 g/mol. The molecule has 100 valence electrons. The lowest BCUT2D eigenvalue weighted by atomic mass is 10.1. The molecule has 0 saturated carbocycles. The Kier molecular flexibility index (Phi) is 6.47. The highest BCUT2D eigenvalue weighted by atomic mass is 16.2. The molecule has 0 aromatic heterocycles. The van der Waals surface area contributed by atoms with Crippen molar-refractivity contribution in [2.24, 2.45) is 11.8 Å². The molecule has 0 atom stereocenters. The van der Waals surface area contributed by atoms with Gasteiger partial charge >= 0.3 is 0 Å². The number of hydrogen-bond acceptors (Lipinski definition) is 4. The van der Waals surface area contributed by atoms with Gasteiger partial charge in [0.25, 0.3) is 0 Å². The number of amides is 1. The van der Waals surface area contributed by atoms with Gasteiger partial charge in [0.15, 0.2) is 0 Å². The third-order valence-electron chi connectivity index (χ3n) is 3.23. The van der Waals surface area contributed by atoms with Gasteiger partial charge in [-0.25, -0.2) is 0 Å². The summed E-state index contributed by atoms with van der Waals surface area (Å²) in [5.74, 6) is 6.04. The minimum atomic E-state index is 0.106. The molecule has 0 radical (unpaired) electrons. The Hall–Kier alpha value is -0.650. The van der Waals surface area contributed by atoms with Crippen LogP contribution in [-0.2, 0) is 4.79 Å². The van der Waals surface area contributed by atoms with Gasteiger partial charge in [-0.15, -0.1) is 0 Å². The van der Waals surface area contributed by atoms with Gasteiger partial charge in [-0.3, -0.25) is 21.0 Å². The van der Waals surface area contributed by atoms with E-state index in [1.165, 1.54) is 12.8 Å². The highest BCUT2D eigenvalue weighted by Crippen LogP contribution is 2.07. The lowest BCUT2D eigenvalue weighted by Crippen LogP contribution is -2.51. The molecule has 1 fully saturated rings. The van der Waals surface area contributed by atoms with Gasteiger partial charge < -0.3 is 4.90 Å². The van der Waals surface area contributed by atoms with Crippen LogP contribution < -0.4 is 11.3 Å². The second kappa shape index (κ2) is 7.63. The number of rotatable bonds is 6. The van der Waals surface area contributed by atoms with Crippen molar-refractivity contribution in [2.45, 2.75) is 26.7 Å². The average Bonchev–Trinajstić information content (AvgIpc) is 2.30.